The van der Waals surface area contributed by atoms with E-state index in [1.54, 1.807) is 38.1 Å². The second kappa shape index (κ2) is 10.8. The predicted molar refractivity (Wildman–Crippen MR) is 130 cm³/mol. The summed E-state index contributed by atoms with van der Waals surface area (Å²) in [5.41, 5.74) is 7.67. The van der Waals surface area contributed by atoms with Crippen molar-refractivity contribution < 1.29 is 19.1 Å². The molecule has 0 atom stereocenters. The molecule has 2 aromatic carbocycles. The number of hydrogen-bond donors (Lipinski definition) is 3. The van der Waals surface area contributed by atoms with E-state index in [1.807, 2.05) is 30.3 Å². The first-order valence-corrected chi connectivity index (χ1v) is 11.6. The van der Waals surface area contributed by atoms with Gasteiger partial charge in [-0.2, -0.15) is 0 Å². The number of hydrogen-bond acceptors (Lipinski definition) is 7. The maximum Gasteiger partial charge on any atom is 0.341 e. The molecule has 0 saturated carbocycles. The standard InChI is InChI=1S/C23H23N3O4S2/c1-3-30-23(29)19-14(2)20(21(28)25-16-9-5-4-6-10-16)32-22(19)26-18(27)13-31-17-11-7-8-15(24)12-17/h4-12H,3,13,24H2,1-2H3,(H,25,28)(H,26,27). The maximum absolute atomic E-state index is 12.8. The summed E-state index contributed by atoms with van der Waals surface area (Å²) in [6, 6.07) is 16.2. The third kappa shape index (κ3) is 5.89. The largest absolute Gasteiger partial charge is 0.462 e. The van der Waals surface area contributed by atoms with E-state index in [9.17, 15) is 14.4 Å². The molecule has 9 heteroatoms. The molecule has 2 amide bonds. The number of ether oxygens (including phenoxy) is 1. The van der Waals surface area contributed by atoms with E-state index in [-0.39, 0.29) is 34.7 Å². The van der Waals surface area contributed by atoms with Gasteiger partial charge in [-0.15, -0.1) is 23.1 Å². The van der Waals surface area contributed by atoms with Crippen LogP contribution in [0.5, 0.6) is 0 Å². The molecule has 166 valence electrons. The van der Waals surface area contributed by atoms with E-state index in [2.05, 4.69) is 10.6 Å². The highest BCUT2D eigenvalue weighted by Crippen LogP contribution is 2.34. The molecule has 0 unspecified atom stereocenters. The van der Waals surface area contributed by atoms with Gasteiger partial charge in [-0.05, 0) is 49.7 Å². The van der Waals surface area contributed by atoms with Crippen molar-refractivity contribution in [3.8, 4) is 0 Å². The monoisotopic (exact) mass is 469 g/mol. The molecule has 32 heavy (non-hydrogen) atoms. The van der Waals surface area contributed by atoms with Crippen molar-refractivity contribution in [2.24, 2.45) is 0 Å². The summed E-state index contributed by atoms with van der Waals surface area (Å²) in [4.78, 5) is 39.2. The quantitative estimate of drug-likeness (QED) is 0.248. The SMILES string of the molecule is CCOC(=O)c1c(NC(=O)CSc2cccc(N)c2)sc(C(=O)Nc2ccccc2)c1C. The Labute approximate surface area is 194 Å². The lowest BCUT2D eigenvalue weighted by molar-refractivity contribution is -0.113. The van der Waals surface area contributed by atoms with E-state index in [1.165, 1.54) is 11.8 Å². The highest BCUT2D eigenvalue weighted by Gasteiger charge is 2.26. The molecule has 0 aliphatic rings. The summed E-state index contributed by atoms with van der Waals surface area (Å²) in [6.07, 6.45) is 0. The Bertz CT molecular complexity index is 1130. The van der Waals surface area contributed by atoms with E-state index in [4.69, 9.17) is 10.5 Å². The molecular formula is C23H23N3O4S2. The number of thiophene rings is 1. The zero-order valence-corrected chi connectivity index (χ0v) is 19.3. The van der Waals surface area contributed by atoms with Gasteiger partial charge in [0.1, 0.15) is 5.00 Å². The van der Waals surface area contributed by atoms with Crippen LogP contribution in [0.15, 0.2) is 59.5 Å². The molecule has 0 aliphatic carbocycles. The summed E-state index contributed by atoms with van der Waals surface area (Å²) >= 11 is 2.37. The highest BCUT2D eigenvalue weighted by molar-refractivity contribution is 8.00. The van der Waals surface area contributed by atoms with E-state index >= 15 is 0 Å². The molecule has 0 bridgehead atoms. The topological polar surface area (TPSA) is 111 Å². The van der Waals surface area contributed by atoms with Crippen LogP contribution in [0.2, 0.25) is 0 Å². The van der Waals surface area contributed by atoms with Crippen LogP contribution in [0.25, 0.3) is 0 Å². The summed E-state index contributed by atoms with van der Waals surface area (Å²) < 4.78 is 5.15. The second-order valence-corrected chi connectivity index (χ2v) is 8.78. The number of para-hydroxylation sites is 1. The van der Waals surface area contributed by atoms with Gasteiger partial charge in [0.2, 0.25) is 5.91 Å². The average Bonchev–Trinajstić information content (AvgIpc) is 3.09. The van der Waals surface area contributed by atoms with Gasteiger partial charge >= 0.3 is 5.97 Å². The first-order valence-electron chi connectivity index (χ1n) is 9.84. The fourth-order valence-corrected chi connectivity index (χ4v) is 4.76. The number of nitrogens with two attached hydrogens (primary N) is 1. The number of rotatable bonds is 8. The average molecular weight is 470 g/mol. The first-order chi connectivity index (χ1) is 15.4. The lowest BCUT2D eigenvalue weighted by Gasteiger charge is -2.07. The maximum atomic E-state index is 12.8. The third-order valence-corrected chi connectivity index (χ3v) is 6.55. The Morgan fingerprint density at radius 1 is 1.06 bits per heavy atom. The molecule has 0 saturated heterocycles. The van der Waals surface area contributed by atoms with Crippen LogP contribution in [0.4, 0.5) is 16.4 Å². The van der Waals surface area contributed by atoms with Crippen LogP contribution in [-0.4, -0.2) is 30.1 Å². The lowest BCUT2D eigenvalue weighted by atomic mass is 10.1. The van der Waals surface area contributed by atoms with Gasteiger partial charge in [-0.25, -0.2) is 4.79 Å². The zero-order valence-electron chi connectivity index (χ0n) is 17.6. The van der Waals surface area contributed by atoms with Crippen molar-refractivity contribution in [1.82, 2.24) is 0 Å². The molecule has 3 rings (SSSR count). The minimum atomic E-state index is -0.584. The van der Waals surface area contributed by atoms with Gasteiger partial charge in [-0.3, -0.25) is 9.59 Å². The van der Waals surface area contributed by atoms with Crippen LogP contribution in [0, 0.1) is 6.92 Å². The smallest absolute Gasteiger partial charge is 0.341 e. The van der Waals surface area contributed by atoms with Crippen molar-refractivity contribution in [2.45, 2.75) is 18.7 Å². The summed E-state index contributed by atoms with van der Waals surface area (Å²) in [6.45, 7) is 3.54. The third-order valence-electron chi connectivity index (χ3n) is 4.35. The second-order valence-electron chi connectivity index (χ2n) is 6.71. The van der Waals surface area contributed by atoms with E-state index < -0.39 is 5.97 Å². The zero-order chi connectivity index (χ0) is 23.1. The lowest BCUT2D eigenvalue weighted by Crippen LogP contribution is -2.16. The van der Waals surface area contributed by atoms with Crippen molar-refractivity contribution in [2.75, 3.05) is 28.7 Å². The van der Waals surface area contributed by atoms with Crippen molar-refractivity contribution in [1.29, 1.82) is 0 Å². The normalized spacial score (nSPS) is 10.4. The van der Waals surface area contributed by atoms with Crippen LogP contribution in [0.1, 0.15) is 32.5 Å². The summed E-state index contributed by atoms with van der Waals surface area (Å²) in [5, 5.41) is 5.86. The van der Waals surface area contributed by atoms with Crippen molar-refractivity contribution >= 4 is 57.3 Å². The van der Waals surface area contributed by atoms with Gasteiger partial charge in [-0.1, -0.05) is 24.3 Å². The fraction of sp³-hybridized carbons (Fsp3) is 0.174. The molecule has 1 heterocycles. The highest BCUT2D eigenvalue weighted by atomic mass is 32.2. The van der Waals surface area contributed by atoms with Crippen LogP contribution >= 0.6 is 23.1 Å². The fourth-order valence-electron chi connectivity index (χ4n) is 2.89. The first kappa shape index (κ1) is 23.4. The Morgan fingerprint density at radius 3 is 2.50 bits per heavy atom. The van der Waals surface area contributed by atoms with Crippen LogP contribution in [-0.2, 0) is 9.53 Å². The Kier molecular flexibility index (Phi) is 7.91. The molecule has 3 aromatic rings. The number of thioether (sulfide) groups is 1. The number of nitrogen functional groups attached to an aromatic ring is 1. The summed E-state index contributed by atoms with van der Waals surface area (Å²) in [5.74, 6) is -1.13. The number of carbonyl (C=O) groups excluding carboxylic acids is 3. The molecule has 0 fully saturated rings. The number of amides is 2. The Hall–Kier alpha value is -3.30. The van der Waals surface area contributed by atoms with Gasteiger partial charge in [0.25, 0.3) is 5.91 Å². The predicted octanol–water partition coefficient (Wildman–Crippen LogP) is 4.80. The number of anilines is 3. The number of esters is 1. The summed E-state index contributed by atoms with van der Waals surface area (Å²) in [7, 11) is 0. The van der Waals surface area contributed by atoms with Crippen LogP contribution in [0.3, 0.4) is 0 Å². The molecule has 0 aliphatic heterocycles. The van der Waals surface area contributed by atoms with Crippen LogP contribution < -0.4 is 16.4 Å². The molecule has 0 radical (unpaired) electrons. The number of nitrogens with one attached hydrogen (secondary N) is 2. The number of benzene rings is 2. The minimum Gasteiger partial charge on any atom is -0.462 e. The van der Waals surface area contributed by atoms with Crippen molar-refractivity contribution in [3.63, 3.8) is 0 Å². The van der Waals surface area contributed by atoms with E-state index in [0.29, 0.717) is 21.8 Å². The minimum absolute atomic E-state index is 0.119. The van der Waals surface area contributed by atoms with E-state index in [0.717, 1.165) is 16.2 Å². The van der Waals surface area contributed by atoms with Gasteiger partial charge in [0.05, 0.1) is 22.8 Å². The Morgan fingerprint density at radius 2 is 1.81 bits per heavy atom. The van der Waals surface area contributed by atoms with Crippen molar-refractivity contribution in [3.05, 3.63) is 70.6 Å². The molecule has 0 spiro atoms. The molecule has 7 nitrogen and oxygen atoms in total. The molecule has 4 N–H and O–H groups in total. The van der Waals surface area contributed by atoms with Gasteiger partial charge in [0, 0.05) is 16.3 Å². The molecular weight excluding hydrogens is 446 g/mol. The number of carbonyl (C=O) groups is 3. The van der Waals surface area contributed by atoms with Gasteiger partial charge in [0.15, 0.2) is 0 Å². The molecule has 1 aromatic heterocycles. The Balaban J connectivity index is 1.80. The van der Waals surface area contributed by atoms with Gasteiger partial charge < -0.3 is 21.1 Å².